The lowest BCUT2D eigenvalue weighted by atomic mass is 10.1. The highest BCUT2D eigenvalue weighted by atomic mass is 16.5. The Labute approximate surface area is 113 Å². The average molecular weight is 264 g/mol. The fourth-order valence-electron chi connectivity index (χ4n) is 1.51. The summed E-state index contributed by atoms with van der Waals surface area (Å²) in [5, 5.41) is 5.53. The molecule has 19 heavy (non-hydrogen) atoms. The third-order valence-corrected chi connectivity index (χ3v) is 2.71. The summed E-state index contributed by atoms with van der Waals surface area (Å²) < 4.78 is 4.75. The van der Waals surface area contributed by atoms with Gasteiger partial charge in [0.05, 0.1) is 11.3 Å². The Morgan fingerprint density at radius 3 is 2.63 bits per heavy atom. The molecule has 0 aliphatic rings. The number of rotatable bonds is 6. The van der Waals surface area contributed by atoms with Crippen LogP contribution < -0.4 is 10.6 Å². The van der Waals surface area contributed by atoms with Crippen LogP contribution in [0.1, 0.15) is 30.6 Å². The Bertz CT molecular complexity index is 446. The number of benzene rings is 1. The molecule has 0 saturated heterocycles. The van der Waals surface area contributed by atoms with Crippen molar-refractivity contribution in [1.29, 1.82) is 0 Å². The molecule has 0 aliphatic carbocycles. The van der Waals surface area contributed by atoms with Gasteiger partial charge in [-0.3, -0.25) is 9.59 Å². The van der Waals surface area contributed by atoms with Crippen LogP contribution in [0.15, 0.2) is 24.3 Å². The molecule has 1 atom stereocenters. The van der Waals surface area contributed by atoms with E-state index in [0.29, 0.717) is 11.3 Å². The van der Waals surface area contributed by atoms with Gasteiger partial charge in [0.2, 0.25) is 5.91 Å². The summed E-state index contributed by atoms with van der Waals surface area (Å²) in [5.74, 6) is -0.478. The van der Waals surface area contributed by atoms with E-state index in [1.165, 1.54) is 7.11 Å². The molecule has 0 fully saturated rings. The Kier molecular flexibility index (Phi) is 6.02. The quantitative estimate of drug-likeness (QED) is 0.823. The number of methoxy groups -OCH3 is 1. The molecular formula is C14H20N2O3. The van der Waals surface area contributed by atoms with Crippen LogP contribution in [-0.4, -0.2) is 31.6 Å². The van der Waals surface area contributed by atoms with Crippen molar-refractivity contribution in [2.45, 2.75) is 26.3 Å². The van der Waals surface area contributed by atoms with Crippen LogP contribution in [-0.2, 0) is 9.53 Å². The van der Waals surface area contributed by atoms with E-state index in [2.05, 4.69) is 10.6 Å². The van der Waals surface area contributed by atoms with Crippen molar-refractivity contribution >= 4 is 17.5 Å². The van der Waals surface area contributed by atoms with Gasteiger partial charge in [-0.1, -0.05) is 19.1 Å². The lowest BCUT2D eigenvalue weighted by molar-refractivity contribution is -0.119. The van der Waals surface area contributed by atoms with Crippen LogP contribution in [0.4, 0.5) is 5.69 Å². The van der Waals surface area contributed by atoms with E-state index in [9.17, 15) is 9.59 Å². The SMILES string of the molecule is CC[C@H](C)NC(=O)c1ccccc1NC(=O)COC. The Morgan fingerprint density at radius 2 is 2.00 bits per heavy atom. The Balaban J connectivity index is 2.83. The molecule has 0 aromatic heterocycles. The number of carbonyl (C=O) groups is 2. The summed E-state index contributed by atoms with van der Waals surface area (Å²) in [6.45, 7) is 3.89. The summed E-state index contributed by atoms with van der Waals surface area (Å²) in [6, 6.07) is 6.99. The molecule has 104 valence electrons. The first-order valence-electron chi connectivity index (χ1n) is 6.27. The zero-order valence-corrected chi connectivity index (χ0v) is 11.5. The highest BCUT2D eigenvalue weighted by Gasteiger charge is 2.14. The zero-order chi connectivity index (χ0) is 14.3. The second kappa shape index (κ2) is 7.53. The molecule has 0 saturated carbocycles. The lowest BCUT2D eigenvalue weighted by Gasteiger charge is -2.14. The molecule has 0 radical (unpaired) electrons. The topological polar surface area (TPSA) is 67.4 Å². The molecule has 5 nitrogen and oxygen atoms in total. The van der Waals surface area contributed by atoms with E-state index in [1.54, 1.807) is 24.3 Å². The fraction of sp³-hybridized carbons (Fsp3) is 0.429. The normalized spacial score (nSPS) is 11.7. The van der Waals surface area contributed by atoms with Crippen molar-refractivity contribution in [1.82, 2.24) is 5.32 Å². The minimum Gasteiger partial charge on any atom is -0.375 e. The van der Waals surface area contributed by atoms with Crippen LogP contribution in [0.5, 0.6) is 0 Å². The first kappa shape index (κ1) is 15.2. The number of nitrogens with one attached hydrogen (secondary N) is 2. The predicted molar refractivity (Wildman–Crippen MR) is 74.2 cm³/mol. The number of ether oxygens (including phenoxy) is 1. The maximum Gasteiger partial charge on any atom is 0.253 e. The maximum absolute atomic E-state index is 12.1. The van der Waals surface area contributed by atoms with Gasteiger partial charge in [-0.05, 0) is 25.5 Å². The predicted octanol–water partition coefficient (Wildman–Crippen LogP) is 1.80. The van der Waals surface area contributed by atoms with Crippen molar-refractivity contribution < 1.29 is 14.3 Å². The second-order valence-electron chi connectivity index (χ2n) is 4.31. The van der Waals surface area contributed by atoms with Crippen molar-refractivity contribution in [2.75, 3.05) is 19.0 Å². The maximum atomic E-state index is 12.1. The summed E-state index contributed by atoms with van der Waals surface area (Å²) in [4.78, 5) is 23.6. The van der Waals surface area contributed by atoms with Gasteiger partial charge >= 0.3 is 0 Å². The van der Waals surface area contributed by atoms with E-state index in [0.717, 1.165) is 6.42 Å². The first-order chi connectivity index (χ1) is 9.08. The van der Waals surface area contributed by atoms with E-state index in [1.807, 2.05) is 13.8 Å². The monoisotopic (exact) mass is 264 g/mol. The summed E-state index contributed by atoms with van der Waals surface area (Å²) >= 11 is 0. The summed E-state index contributed by atoms with van der Waals surface area (Å²) in [5.41, 5.74) is 0.942. The van der Waals surface area contributed by atoms with Crippen LogP contribution >= 0.6 is 0 Å². The second-order valence-corrected chi connectivity index (χ2v) is 4.31. The van der Waals surface area contributed by atoms with Crippen molar-refractivity contribution in [3.05, 3.63) is 29.8 Å². The van der Waals surface area contributed by atoms with Gasteiger partial charge in [-0.15, -0.1) is 0 Å². The van der Waals surface area contributed by atoms with E-state index in [-0.39, 0.29) is 24.5 Å². The fourth-order valence-corrected chi connectivity index (χ4v) is 1.51. The Morgan fingerprint density at radius 1 is 1.32 bits per heavy atom. The van der Waals surface area contributed by atoms with Gasteiger partial charge in [0.1, 0.15) is 6.61 Å². The van der Waals surface area contributed by atoms with Gasteiger partial charge in [-0.2, -0.15) is 0 Å². The number of hydrogen-bond acceptors (Lipinski definition) is 3. The highest BCUT2D eigenvalue weighted by Crippen LogP contribution is 2.15. The summed E-state index contributed by atoms with van der Waals surface area (Å²) in [7, 11) is 1.45. The van der Waals surface area contributed by atoms with Crippen LogP contribution in [0.2, 0.25) is 0 Å². The van der Waals surface area contributed by atoms with Gasteiger partial charge in [-0.25, -0.2) is 0 Å². The number of hydrogen-bond donors (Lipinski definition) is 2. The average Bonchev–Trinajstić information content (AvgIpc) is 2.39. The Hall–Kier alpha value is -1.88. The van der Waals surface area contributed by atoms with E-state index in [4.69, 9.17) is 4.74 Å². The smallest absolute Gasteiger partial charge is 0.253 e. The zero-order valence-electron chi connectivity index (χ0n) is 11.5. The minimum atomic E-state index is -0.286. The highest BCUT2D eigenvalue weighted by molar-refractivity contribution is 6.04. The molecule has 2 N–H and O–H groups in total. The third-order valence-electron chi connectivity index (χ3n) is 2.71. The van der Waals surface area contributed by atoms with Crippen LogP contribution in [0.3, 0.4) is 0 Å². The molecular weight excluding hydrogens is 244 g/mol. The first-order valence-corrected chi connectivity index (χ1v) is 6.27. The number of anilines is 1. The van der Waals surface area contributed by atoms with Gasteiger partial charge < -0.3 is 15.4 Å². The van der Waals surface area contributed by atoms with Gasteiger partial charge in [0.25, 0.3) is 5.91 Å². The number of amides is 2. The third kappa shape index (κ3) is 4.71. The van der Waals surface area contributed by atoms with E-state index < -0.39 is 0 Å². The van der Waals surface area contributed by atoms with Crippen molar-refractivity contribution in [2.24, 2.45) is 0 Å². The lowest BCUT2D eigenvalue weighted by Crippen LogP contribution is -2.32. The van der Waals surface area contributed by atoms with Crippen molar-refractivity contribution in [3.8, 4) is 0 Å². The summed E-state index contributed by atoms with van der Waals surface area (Å²) in [6.07, 6.45) is 0.851. The van der Waals surface area contributed by atoms with Gasteiger partial charge in [0.15, 0.2) is 0 Å². The molecule has 0 unspecified atom stereocenters. The molecule has 2 amide bonds. The molecule has 5 heteroatoms. The molecule has 0 bridgehead atoms. The van der Waals surface area contributed by atoms with Crippen molar-refractivity contribution in [3.63, 3.8) is 0 Å². The van der Waals surface area contributed by atoms with Crippen LogP contribution in [0.25, 0.3) is 0 Å². The molecule has 0 heterocycles. The minimum absolute atomic E-state index is 0.0404. The largest absolute Gasteiger partial charge is 0.375 e. The van der Waals surface area contributed by atoms with Gasteiger partial charge in [0, 0.05) is 13.2 Å². The van der Waals surface area contributed by atoms with Crippen LogP contribution in [0, 0.1) is 0 Å². The molecule has 0 spiro atoms. The molecule has 1 rings (SSSR count). The molecule has 1 aromatic rings. The van der Waals surface area contributed by atoms with E-state index >= 15 is 0 Å². The number of carbonyl (C=O) groups excluding carboxylic acids is 2. The molecule has 1 aromatic carbocycles. The standard InChI is InChI=1S/C14H20N2O3/c1-4-10(2)15-14(18)11-7-5-6-8-12(11)16-13(17)9-19-3/h5-8,10H,4,9H2,1-3H3,(H,15,18)(H,16,17)/t10-/m0/s1. The number of para-hydroxylation sites is 1. The molecule has 0 aliphatic heterocycles.